The second-order valence-corrected chi connectivity index (χ2v) is 6.68. The van der Waals surface area contributed by atoms with E-state index in [1.54, 1.807) is 0 Å². The topological polar surface area (TPSA) is 56.9 Å². The number of carbonyl (C=O) groups is 1. The third-order valence-corrected chi connectivity index (χ3v) is 3.62. The van der Waals surface area contributed by atoms with Crippen LogP contribution in [0.5, 0.6) is 0 Å². The van der Waals surface area contributed by atoms with Gasteiger partial charge in [-0.15, -0.1) is 0 Å². The first kappa shape index (κ1) is 15.9. The fourth-order valence-electron chi connectivity index (χ4n) is 2.11. The summed E-state index contributed by atoms with van der Waals surface area (Å²) in [7, 11) is 0. The number of hydrogen-bond acceptors (Lipinski definition) is 2. The molecular formula is C16H22ClN3O. The van der Waals surface area contributed by atoms with Gasteiger partial charge in [0.1, 0.15) is 0 Å². The Morgan fingerprint density at radius 2 is 2.00 bits per heavy atom. The van der Waals surface area contributed by atoms with Gasteiger partial charge in [-0.25, -0.2) is 0 Å². The van der Waals surface area contributed by atoms with Gasteiger partial charge in [0.2, 0.25) is 5.91 Å². The second kappa shape index (κ2) is 6.08. The van der Waals surface area contributed by atoms with Crippen LogP contribution < -0.4 is 10.6 Å². The van der Waals surface area contributed by atoms with Crippen molar-refractivity contribution in [3.8, 4) is 0 Å². The lowest BCUT2D eigenvalue weighted by molar-refractivity contribution is -0.124. The number of H-pyrrole nitrogens is 1. The molecule has 5 heteroatoms. The highest BCUT2D eigenvalue weighted by Crippen LogP contribution is 2.26. The van der Waals surface area contributed by atoms with Crippen LogP contribution in [0.25, 0.3) is 10.9 Å². The lowest BCUT2D eigenvalue weighted by atomic mass is 10.1. The highest BCUT2D eigenvalue weighted by atomic mass is 35.5. The number of fused-ring (bicyclic) bond motifs is 1. The molecule has 0 bridgehead atoms. The van der Waals surface area contributed by atoms with E-state index in [0.29, 0.717) is 11.6 Å². The minimum absolute atomic E-state index is 0.0188. The average Bonchev–Trinajstić information content (AvgIpc) is 2.71. The van der Waals surface area contributed by atoms with Gasteiger partial charge < -0.3 is 15.6 Å². The molecule has 0 aliphatic carbocycles. The number of hydrogen-bond donors (Lipinski definition) is 3. The van der Waals surface area contributed by atoms with Crippen LogP contribution in [0.4, 0.5) is 0 Å². The molecule has 1 atom stereocenters. The number of amides is 1. The lowest BCUT2D eigenvalue weighted by Crippen LogP contribution is -2.49. The maximum absolute atomic E-state index is 12.0. The maximum atomic E-state index is 12.0. The van der Waals surface area contributed by atoms with Crippen molar-refractivity contribution in [3.05, 3.63) is 35.0 Å². The van der Waals surface area contributed by atoms with Gasteiger partial charge >= 0.3 is 0 Å². The number of aromatic nitrogens is 1. The molecule has 21 heavy (non-hydrogen) atoms. The van der Waals surface area contributed by atoms with Crippen molar-refractivity contribution in [2.45, 2.75) is 45.8 Å². The Morgan fingerprint density at radius 3 is 2.62 bits per heavy atom. The van der Waals surface area contributed by atoms with Crippen LogP contribution in [0.3, 0.4) is 0 Å². The third-order valence-electron chi connectivity index (χ3n) is 3.19. The number of halogens is 1. The van der Waals surface area contributed by atoms with E-state index in [4.69, 9.17) is 11.6 Å². The van der Waals surface area contributed by atoms with Gasteiger partial charge in [0.05, 0.1) is 11.1 Å². The van der Waals surface area contributed by atoms with Crippen molar-refractivity contribution in [1.29, 1.82) is 0 Å². The molecule has 1 amide bonds. The summed E-state index contributed by atoms with van der Waals surface area (Å²) in [5.74, 6) is -0.0188. The van der Waals surface area contributed by atoms with Gasteiger partial charge in [0, 0.05) is 28.7 Å². The molecule has 1 heterocycles. The molecule has 0 aliphatic rings. The Bertz CT molecular complexity index is 642. The summed E-state index contributed by atoms with van der Waals surface area (Å²) in [6, 6.07) is 7.60. The Labute approximate surface area is 130 Å². The first-order chi connectivity index (χ1) is 9.78. The van der Waals surface area contributed by atoms with Crippen molar-refractivity contribution in [1.82, 2.24) is 15.6 Å². The summed E-state index contributed by atoms with van der Waals surface area (Å²) < 4.78 is 0. The predicted octanol–water partition coefficient (Wildman–Crippen LogP) is 3.21. The van der Waals surface area contributed by atoms with E-state index in [1.807, 2.05) is 52.0 Å². The molecule has 0 spiro atoms. The molecule has 1 aromatic heterocycles. The van der Waals surface area contributed by atoms with Crippen molar-refractivity contribution < 1.29 is 4.79 Å². The van der Waals surface area contributed by atoms with Gasteiger partial charge in [0.15, 0.2) is 0 Å². The fourth-order valence-corrected chi connectivity index (χ4v) is 2.39. The highest BCUT2D eigenvalue weighted by Gasteiger charge is 2.19. The normalized spacial score (nSPS) is 13.4. The predicted molar refractivity (Wildman–Crippen MR) is 87.5 cm³/mol. The number of benzene rings is 1. The zero-order valence-electron chi connectivity index (χ0n) is 12.9. The number of nitrogens with one attached hydrogen (secondary N) is 3. The van der Waals surface area contributed by atoms with E-state index >= 15 is 0 Å². The molecule has 3 N–H and O–H groups in total. The molecule has 0 saturated carbocycles. The summed E-state index contributed by atoms with van der Waals surface area (Å²) in [5, 5.41) is 7.86. The molecule has 4 nitrogen and oxygen atoms in total. The number of aromatic amines is 1. The largest absolute Gasteiger partial charge is 0.356 e. The van der Waals surface area contributed by atoms with Crippen LogP contribution in [-0.4, -0.2) is 22.5 Å². The van der Waals surface area contributed by atoms with Crippen LogP contribution in [0.1, 0.15) is 33.4 Å². The first-order valence-electron chi connectivity index (χ1n) is 7.08. The Balaban J connectivity index is 2.01. The molecular weight excluding hydrogens is 286 g/mol. The third kappa shape index (κ3) is 3.99. The molecule has 114 valence electrons. The monoisotopic (exact) mass is 307 g/mol. The molecule has 0 radical (unpaired) electrons. The maximum Gasteiger partial charge on any atom is 0.237 e. The van der Waals surface area contributed by atoms with E-state index in [0.717, 1.165) is 16.6 Å². The van der Waals surface area contributed by atoms with Crippen molar-refractivity contribution >= 4 is 28.4 Å². The van der Waals surface area contributed by atoms with Crippen LogP contribution in [0, 0.1) is 0 Å². The van der Waals surface area contributed by atoms with E-state index in [2.05, 4.69) is 15.6 Å². The van der Waals surface area contributed by atoms with E-state index in [9.17, 15) is 4.79 Å². The smallest absolute Gasteiger partial charge is 0.237 e. The number of para-hydroxylation sites is 1. The summed E-state index contributed by atoms with van der Waals surface area (Å²) in [5.41, 5.74) is 1.67. The summed E-state index contributed by atoms with van der Waals surface area (Å²) in [4.78, 5) is 15.3. The lowest BCUT2D eigenvalue weighted by Gasteiger charge is -2.23. The number of carbonyl (C=O) groups excluding carboxylic acids is 1. The van der Waals surface area contributed by atoms with Gasteiger partial charge in [-0.05, 0) is 33.8 Å². The van der Waals surface area contributed by atoms with Crippen molar-refractivity contribution in [2.24, 2.45) is 0 Å². The van der Waals surface area contributed by atoms with Crippen LogP contribution in [-0.2, 0) is 11.3 Å². The summed E-state index contributed by atoms with van der Waals surface area (Å²) in [6.07, 6.45) is 0. The Kier molecular flexibility index (Phi) is 4.59. The summed E-state index contributed by atoms with van der Waals surface area (Å²) >= 11 is 6.35. The molecule has 2 rings (SSSR count). The minimum atomic E-state index is -0.285. The summed E-state index contributed by atoms with van der Waals surface area (Å²) in [6.45, 7) is 8.26. The zero-order valence-corrected chi connectivity index (χ0v) is 13.6. The Morgan fingerprint density at radius 1 is 1.33 bits per heavy atom. The van der Waals surface area contributed by atoms with Crippen LogP contribution in [0.15, 0.2) is 24.3 Å². The van der Waals surface area contributed by atoms with Crippen LogP contribution in [0.2, 0.25) is 5.02 Å². The van der Waals surface area contributed by atoms with Gasteiger partial charge in [0.25, 0.3) is 0 Å². The quantitative estimate of drug-likeness (QED) is 0.812. The van der Waals surface area contributed by atoms with E-state index in [1.165, 1.54) is 0 Å². The van der Waals surface area contributed by atoms with Gasteiger partial charge in [-0.1, -0.05) is 29.8 Å². The second-order valence-electron chi connectivity index (χ2n) is 6.30. The molecule has 0 aliphatic heterocycles. The van der Waals surface area contributed by atoms with E-state index < -0.39 is 0 Å². The molecule has 0 fully saturated rings. The van der Waals surface area contributed by atoms with Gasteiger partial charge in [-0.2, -0.15) is 0 Å². The average molecular weight is 308 g/mol. The molecule has 2 aromatic rings. The molecule has 1 aromatic carbocycles. The molecule has 1 unspecified atom stereocenters. The highest BCUT2D eigenvalue weighted by molar-refractivity contribution is 6.36. The number of rotatable bonds is 4. The zero-order chi connectivity index (χ0) is 15.6. The SMILES string of the molecule is CC(NCc1[nH]c2ccccc2c1Cl)C(=O)NC(C)(C)C. The first-order valence-corrected chi connectivity index (χ1v) is 7.46. The van der Waals surface area contributed by atoms with Crippen LogP contribution >= 0.6 is 11.6 Å². The standard InChI is InChI=1S/C16H22ClN3O/c1-10(15(21)20-16(2,3)4)18-9-13-14(17)11-7-5-6-8-12(11)19-13/h5-8,10,18-19H,9H2,1-4H3,(H,20,21). The van der Waals surface area contributed by atoms with Gasteiger partial charge in [-0.3, -0.25) is 4.79 Å². The van der Waals surface area contributed by atoms with Crippen molar-refractivity contribution in [3.63, 3.8) is 0 Å². The minimum Gasteiger partial charge on any atom is -0.356 e. The Hall–Kier alpha value is -1.52. The van der Waals surface area contributed by atoms with E-state index in [-0.39, 0.29) is 17.5 Å². The fraction of sp³-hybridized carbons (Fsp3) is 0.438. The van der Waals surface area contributed by atoms with Crippen molar-refractivity contribution in [2.75, 3.05) is 0 Å². The molecule has 0 saturated heterocycles.